The molecule has 1 saturated heterocycles. The summed E-state index contributed by atoms with van der Waals surface area (Å²) in [6, 6.07) is 0. The maximum absolute atomic E-state index is 12.5. The molecule has 2 atom stereocenters. The molecule has 2 unspecified atom stereocenters. The molecule has 4 nitrogen and oxygen atoms in total. The fourth-order valence-electron chi connectivity index (χ4n) is 0.900. The Morgan fingerprint density at radius 3 is 2.67 bits per heavy atom. The first kappa shape index (κ1) is 12.0. The molecule has 0 amide bonds. The van der Waals surface area contributed by atoms with Crippen LogP contribution in [0, 0.1) is 0 Å². The van der Waals surface area contributed by atoms with Crippen molar-refractivity contribution in [1.82, 2.24) is 0 Å². The minimum atomic E-state index is -4.62. The molecule has 1 heterocycles. The molecule has 1 aliphatic heterocycles. The van der Waals surface area contributed by atoms with Gasteiger partial charge in [-0.2, -0.15) is 13.2 Å². The zero-order chi connectivity index (χ0) is 11.5. The highest BCUT2D eigenvalue weighted by Crippen LogP contribution is 2.23. The van der Waals surface area contributed by atoms with Crippen molar-refractivity contribution < 1.29 is 36.6 Å². The molecular weight excluding hydrogens is 224 g/mol. The molecule has 1 rings (SSSR count). The van der Waals surface area contributed by atoms with Crippen molar-refractivity contribution in [3.8, 4) is 0 Å². The topological polar surface area (TPSA) is 44.8 Å². The van der Waals surface area contributed by atoms with Gasteiger partial charge in [0.15, 0.2) is 6.10 Å². The lowest BCUT2D eigenvalue weighted by Gasteiger charge is -2.13. The van der Waals surface area contributed by atoms with Crippen molar-refractivity contribution in [2.24, 2.45) is 0 Å². The molecule has 0 aliphatic carbocycles. The highest BCUT2D eigenvalue weighted by atomic mass is 19.4. The summed E-state index contributed by atoms with van der Waals surface area (Å²) >= 11 is 0. The van der Waals surface area contributed by atoms with Gasteiger partial charge in [0.25, 0.3) is 0 Å². The molecule has 15 heavy (non-hydrogen) atoms. The van der Waals surface area contributed by atoms with Gasteiger partial charge in [0.05, 0.1) is 13.0 Å². The maximum Gasteiger partial charge on any atom is 0.508 e. The van der Waals surface area contributed by atoms with Gasteiger partial charge in [0, 0.05) is 0 Å². The second-order valence-electron chi connectivity index (χ2n) is 2.86. The van der Waals surface area contributed by atoms with Crippen LogP contribution in [0.25, 0.3) is 0 Å². The average Bonchev–Trinajstić information content (AvgIpc) is 2.45. The van der Waals surface area contributed by atoms with Gasteiger partial charge in [-0.05, 0) is 0 Å². The monoisotopic (exact) mass is 232 g/mol. The number of carbonyl (C=O) groups is 1. The van der Waals surface area contributed by atoms with Crippen molar-refractivity contribution in [3.05, 3.63) is 0 Å². The number of ether oxygens (including phenoxy) is 3. The number of halogens is 4. The van der Waals surface area contributed by atoms with Gasteiger partial charge in [0.2, 0.25) is 6.36 Å². The second kappa shape index (κ2) is 4.65. The standard InChI is InChI=1S/C7H8F4O4/c8-5(1-7(9,10)11)13-2-4-3-14-6(12)15-4/h4-5H,1-3H2. The lowest BCUT2D eigenvalue weighted by atomic mass is 10.4. The molecule has 0 bridgehead atoms. The summed E-state index contributed by atoms with van der Waals surface area (Å²) in [4.78, 5) is 10.4. The Morgan fingerprint density at radius 1 is 1.53 bits per heavy atom. The summed E-state index contributed by atoms with van der Waals surface area (Å²) in [5.41, 5.74) is 0. The summed E-state index contributed by atoms with van der Waals surface area (Å²) in [5.74, 6) is 0. The van der Waals surface area contributed by atoms with Crippen LogP contribution in [0.4, 0.5) is 22.4 Å². The molecule has 0 aromatic carbocycles. The Hall–Kier alpha value is -1.05. The SMILES string of the molecule is O=C1OCC(COC(F)CC(F)(F)F)O1. The summed E-state index contributed by atoms with van der Waals surface area (Å²) in [6.07, 6.45) is -10.5. The van der Waals surface area contributed by atoms with Gasteiger partial charge in [-0.1, -0.05) is 0 Å². The van der Waals surface area contributed by atoms with Gasteiger partial charge in [-0.3, -0.25) is 0 Å². The third kappa shape index (κ3) is 4.82. The summed E-state index contributed by atoms with van der Waals surface area (Å²) < 4.78 is 60.4. The van der Waals surface area contributed by atoms with E-state index in [9.17, 15) is 22.4 Å². The molecule has 0 spiro atoms. The van der Waals surface area contributed by atoms with Crippen molar-refractivity contribution in [1.29, 1.82) is 0 Å². The Kier molecular flexibility index (Phi) is 3.72. The third-order valence-corrected chi connectivity index (χ3v) is 1.50. The van der Waals surface area contributed by atoms with E-state index in [1.165, 1.54) is 0 Å². The van der Waals surface area contributed by atoms with E-state index in [2.05, 4.69) is 14.2 Å². The molecule has 1 aliphatic rings. The van der Waals surface area contributed by atoms with E-state index >= 15 is 0 Å². The zero-order valence-electron chi connectivity index (χ0n) is 7.42. The van der Waals surface area contributed by atoms with Crippen LogP contribution < -0.4 is 0 Å². The number of carbonyl (C=O) groups excluding carboxylic acids is 1. The van der Waals surface area contributed by atoms with Crippen LogP contribution >= 0.6 is 0 Å². The fraction of sp³-hybridized carbons (Fsp3) is 0.857. The zero-order valence-corrected chi connectivity index (χ0v) is 7.42. The number of cyclic esters (lactones) is 2. The second-order valence-corrected chi connectivity index (χ2v) is 2.86. The van der Waals surface area contributed by atoms with E-state index in [-0.39, 0.29) is 6.61 Å². The van der Waals surface area contributed by atoms with Gasteiger partial charge in [0.1, 0.15) is 6.61 Å². The molecule has 0 radical (unpaired) electrons. The smallest absolute Gasteiger partial charge is 0.430 e. The molecule has 0 N–H and O–H groups in total. The van der Waals surface area contributed by atoms with Gasteiger partial charge in [-0.25, -0.2) is 9.18 Å². The Morgan fingerprint density at radius 2 is 2.20 bits per heavy atom. The predicted octanol–water partition coefficient (Wildman–Crippen LogP) is 1.79. The van der Waals surface area contributed by atoms with E-state index in [0.29, 0.717) is 0 Å². The Balaban J connectivity index is 2.17. The van der Waals surface area contributed by atoms with Crippen LogP contribution in [-0.4, -0.2) is 38.0 Å². The Labute approximate surface area is 82.1 Å². The van der Waals surface area contributed by atoms with E-state index < -0.39 is 37.8 Å². The highest BCUT2D eigenvalue weighted by Gasteiger charge is 2.34. The highest BCUT2D eigenvalue weighted by molar-refractivity contribution is 5.61. The quantitative estimate of drug-likeness (QED) is 0.547. The molecule has 0 aromatic rings. The van der Waals surface area contributed by atoms with Gasteiger partial charge < -0.3 is 14.2 Å². The summed E-state index contributed by atoms with van der Waals surface area (Å²) in [7, 11) is 0. The number of hydrogen-bond acceptors (Lipinski definition) is 4. The molecule has 88 valence electrons. The third-order valence-electron chi connectivity index (χ3n) is 1.50. The average molecular weight is 232 g/mol. The van der Waals surface area contributed by atoms with Crippen molar-refractivity contribution >= 4 is 6.16 Å². The summed E-state index contributed by atoms with van der Waals surface area (Å²) in [5, 5.41) is 0. The van der Waals surface area contributed by atoms with Crippen LogP contribution in [0.2, 0.25) is 0 Å². The number of rotatable bonds is 4. The fourth-order valence-corrected chi connectivity index (χ4v) is 0.900. The van der Waals surface area contributed by atoms with Gasteiger partial charge in [-0.15, -0.1) is 0 Å². The Bertz CT molecular complexity index is 230. The van der Waals surface area contributed by atoms with E-state index in [4.69, 9.17) is 0 Å². The van der Waals surface area contributed by atoms with Gasteiger partial charge >= 0.3 is 12.3 Å². The maximum atomic E-state index is 12.5. The molecule has 0 aromatic heterocycles. The first-order chi connectivity index (χ1) is 6.87. The predicted molar refractivity (Wildman–Crippen MR) is 37.7 cm³/mol. The molecule has 8 heteroatoms. The largest absolute Gasteiger partial charge is 0.508 e. The molecule has 0 saturated carbocycles. The lowest BCUT2D eigenvalue weighted by molar-refractivity contribution is -0.187. The number of hydrogen-bond donors (Lipinski definition) is 0. The van der Waals surface area contributed by atoms with Crippen molar-refractivity contribution in [3.63, 3.8) is 0 Å². The van der Waals surface area contributed by atoms with E-state index in [1.54, 1.807) is 0 Å². The first-order valence-corrected chi connectivity index (χ1v) is 4.02. The summed E-state index contributed by atoms with van der Waals surface area (Å²) in [6.45, 7) is -0.597. The lowest BCUT2D eigenvalue weighted by Crippen LogP contribution is -2.24. The molecule has 1 fully saturated rings. The first-order valence-electron chi connectivity index (χ1n) is 4.02. The van der Waals surface area contributed by atoms with Crippen molar-refractivity contribution in [2.45, 2.75) is 25.1 Å². The normalized spacial score (nSPS) is 23.5. The van der Waals surface area contributed by atoms with Crippen LogP contribution in [0.5, 0.6) is 0 Å². The van der Waals surface area contributed by atoms with E-state index in [0.717, 1.165) is 0 Å². The molecular formula is C7H8F4O4. The van der Waals surface area contributed by atoms with Crippen LogP contribution in [0.1, 0.15) is 6.42 Å². The van der Waals surface area contributed by atoms with Crippen LogP contribution in [0.15, 0.2) is 0 Å². The minimum Gasteiger partial charge on any atom is -0.430 e. The van der Waals surface area contributed by atoms with E-state index in [1.807, 2.05) is 0 Å². The van der Waals surface area contributed by atoms with Crippen LogP contribution in [-0.2, 0) is 14.2 Å². The van der Waals surface area contributed by atoms with Crippen LogP contribution in [0.3, 0.4) is 0 Å². The van der Waals surface area contributed by atoms with Crippen molar-refractivity contribution in [2.75, 3.05) is 13.2 Å². The minimum absolute atomic E-state index is 0.141. The number of alkyl halides is 4.